The van der Waals surface area contributed by atoms with E-state index >= 15 is 0 Å². The van der Waals surface area contributed by atoms with Crippen molar-refractivity contribution in [3.05, 3.63) is 35.4 Å². The molecule has 2 nitrogen and oxygen atoms in total. The predicted octanol–water partition coefficient (Wildman–Crippen LogP) is 2.15. The van der Waals surface area contributed by atoms with Gasteiger partial charge in [0.2, 0.25) is 0 Å². The lowest BCUT2D eigenvalue weighted by Gasteiger charge is -2.27. The quantitative estimate of drug-likeness (QED) is 0.831. The predicted molar refractivity (Wildman–Crippen MR) is 76.3 cm³/mol. The molecule has 1 atom stereocenters. The van der Waals surface area contributed by atoms with Crippen LogP contribution in [0, 0.1) is 0 Å². The van der Waals surface area contributed by atoms with Crippen LogP contribution in [0.15, 0.2) is 24.3 Å². The molecule has 1 unspecified atom stereocenters. The van der Waals surface area contributed by atoms with Crippen LogP contribution >= 0.6 is 12.2 Å². The summed E-state index contributed by atoms with van der Waals surface area (Å²) in [6, 6.07) is 9.22. The third-order valence-corrected chi connectivity index (χ3v) is 3.74. The highest BCUT2D eigenvalue weighted by Crippen LogP contribution is 2.17. The van der Waals surface area contributed by atoms with E-state index in [2.05, 4.69) is 36.1 Å². The molecule has 2 rings (SSSR count). The molecule has 0 aromatic heterocycles. The number of fused-ring (bicyclic) bond motifs is 1. The molecule has 17 heavy (non-hydrogen) atoms. The fourth-order valence-electron chi connectivity index (χ4n) is 2.55. The maximum atomic E-state index is 5.63. The number of thiocarbonyl (C=S) groups is 1. The van der Waals surface area contributed by atoms with Crippen molar-refractivity contribution in [2.75, 3.05) is 13.1 Å². The maximum absolute atomic E-state index is 5.63. The maximum Gasteiger partial charge on any atom is 0.0742 e. The summed E-state index contributed by atoms with van der Waals surface area (Å²) in [6.45, 7) is 4.44. The van der Waals surface area contributed by atoms with Gasteiger partial charge in [0.1, 0.15) is 0 Å². The van der Waals surface area contributed by atoms with Crippen LogP contribution in [-0.2, 0) is 12.8 Å². The average Bonchev–Trinajstić information content (AvgIpc) is 2.50. The van der Waals surface area contributed by atoms with Crippen LogP contribution in [-0.4, -0.2) is 29.0 Å². The van der Waals surface area contributed by atoms with E-state index in [1.807, 2.05) is 0 Å². The summed E-state index contributed by atoms with van der Waals surface area (Å²) in [5, 5.41) is 0. The van der Waals surface area contributed by atoms with Gasteiger partial charge in [-0.3, -0.25) is 4.90 Å². The smallest absolute Gasteiger partial charge is 0.0742 e. The normalized spacial score (nSPS) is 18.2. The monoisotopic (exact) mass is 248 g/mol. The lowest BCUT2D eigenvalue weighted by Crippen LogP contribution is -2.37. The number of nitrogens with zero attached hydrogens (tertiary/aromatic N) is 1. The first-order valence-corrected chi connectivity index (χ1v) is 6.67. The van der Waals surface area contributed by atoms with E-state index in [0.717, 1.165) is 32.4 Å². The van der Waals surface area contributed by atoms with E-state index in [-0.39, 0.29) is 0 Å². The number of hydrogen-bond donors (Lipinski definition) is 1. The zero-order valence-corrected chi connectivity index (χ0v) is 11.2. The van der Waals surface area contributed by atoms with E-state index in [1.165, 1.54) is 11.1 Å². The topological polar surface area (TPSA) is 29.3 Å². The summed E-state index contributed by atoms with van der Waals surface area (Å²) in [4.78, 5) is 3.12. The molecule has 0 amide bonds. The standard InChI is InChI=1S/C14H20N2S/c1-11(10-14(15)17)16-8-6-12-4-2-3-5-13(12)7-9-16/h2-5,11H,6-10H2,1H3,(H2,15,17). The molecule has 1 aliphatic rings. The van der Waals surface area contributed by atoms with Crippen molar-refractivity contribution in [3.63, 3.8) is 0 Å². The highest BCUT2D eigenvalue weighted by atomic mass is 32.1. The van der Waals surface area contributed by atoms with Crippen molar-refractivity contribution in [2.24, 2.45) is 5.73 Å². The summed E-state index contributed by atoms with van der Waals surface area (Å²) in [5.41, 5.74) is 8.62. The molecule has 2 N–H and O–H groups in total. The molecular formula is C14H20N2S. The van der Waals surface area contributed by atoms with Gasteiger partial charge in [0.25, 0.3) is 0 Å². The van der Waals surface area contributed by atoms with Crippen LogP contribution in [0.25, 0.3) is 0 Å². The van der Waals surface area contributed by atoms with E-state index in [0.29, 0.717) is 11.0 Å². The van der Waals surface area contributed by atoms with Gasteiger partial charge in [-0.2, -0.15) is 0 Å². The number of benzene rings is 1. The van der Waals surface area contributed by atoms with Crippen molar-refractivity contribution in [3.8, 4) is 0 Å². The molecule has 0 aliphatic carbocycles. The Balaban J connectivity index is 2.01. The Morgan fingerprint density at radius 1 is 1.29 bits per heavy atom. The van der Waals surface area contributed by atoms with Crippen molar-refractivity contribution < 1.29 is 0 Å². The Morgan fingerprint density at radius 2 is 1.82 bits per heavy atom. The zero-order chi connectivity index (χ0) is 12.3. The van der Waals surface area contributed by atoms with Gasteiger partial charge >= 0.3 is 0 Å². The molecule has 1 aromatic carbocycles. The Hall–Kier alpha value is -0.930. The molecular weight excluding hydrogens is 228 g/mol. The minimum atomic E-state index is 0.460. The Labute approximate surface area is 109 Å². The molecule has 0 bridgehead atoms. The van der Waals surface area contributed by atoms with Crippen molar-refractivity contribution in [1.29, 1.82) is 0 Å². The number of rotatable bonds is 3. The van der Waals surface area contributed by atoms with Crippen LogP contribution in [0.3, 0.4) is 0 Å². The molecule has 0 saturated heterocycles. The van der Waals surface area contributed by atoms with Gasteiger partial charge in [-0.15, -0.1) is 0 Å². The van der Waals surface area contributed by atoms with Crippen LogP contribution in [0.4, 0.5) is 0 Å². The van der Waals surface area contributed by atoms with E-state index in [4.69, 9.17) is 18.0 Å². The third kappa shape index (κ3) is 3.27. The Kier molecular flexibility index (Phi) is 4.13. The number of hydrogen-bond acceptors (Lipinski definition) is 2. The summed E-state index contributed by atoms with van der Waals surface area (Å²) < 4.78 is 0. The van der Waals surface area contributed by atoms with E-state index in [9.17, 15) is 0 Å². The van der Waals surface area contributed by atoms with Gasteiger partial charge in [-0.25, -0.2) is 0 Å². The van der Waals surface area contributed by atoms with Gasteiger partial charge in [0.05, 0.1) is 4.99 Å². The van der Waals surface area contributed by atoms with Crippen molar-refractivity contribution >= 4 is 17.2 Å². The molecule has 1 aliphatic heterocycles. The minimum absolute atomic E-state index is 0.460. The molecule has 0 saturated carbocycles. The summed E-state index contributed by atoms with van der Waals surface area (Å²) >= 11 is 5.00. The van der Waals surface area contributed by atoms with Gasteiger partial charge < -0.3 is 5.73 Å². The van der Waals surface area contributed by atoms with Gasteiger partial charge in [-0.1, -0.05) is 36.5 Å². The third-order valence-electron chi connectivity index (χ3n) is 3.58. The Morgan fingerprint density at radius 3 is 2.29 bits per heavy atom. The van der Waals surface area contributed by atoms with E-state index < -0.39 is 0 Å². The largest absolute Gasteiger partial charge is 0.393 e. The SMILES string of the molecule is CC(CC(N)=S)N1CCc2ccccc2CC1. The lowest BCUT2D eigenvalue weighted by atomic mass is 10.0. The van der Waals surface area contributed by atoms with Crippen molar-refractivity contribution in [1.82, 2.24) is 4.90 Å². The number of nitrogens with two attached hydrogens (primary N) is 1. The van der Waals surface area contributed by atoms with Gasteiger partial charge in [0.15, 0.2) is 0 Å². The second kappa shape index (κ2) is 5.61. The fourth-order valence-corrected chi connectivity index (χ4v) is 2.79. The molecule has 0 radical (unpaired) electrons. The average molecular weight is 248 g/mol. The lowest BCUT2D eigenvalue weighted by molar-refractivity contribution is 0.224. The van der Waals surface area contributed by atoms with Gasteiger partial charge in [-0.05, 0) is 30.9 Å². The zero-order valence-electron chi connectivity index (χ0n) is 10.4. The molecule has 0 spiro atoms. The molecule has 1 aromatic rings. The first kappa shape index (κ1) is 12.5. The summed E-state index contributed by atoms with van der Waals surface area (Å²) in [7, 11) is 0. The van der Waals surface area contributed by atoms with Crippen LogP contribution in [0.5, 0.6) is 0 Å². The van der Waals surface area contributed by atoms with Crippen LogP contribution < -0.4 is 5.73 Å². The van der Waals surface area contributed by atoms with Crippen molar-refractivity contribution in [2.45, 2.75) is 32.2 Å². The fraction of sp³-hybridized carbons (Fsp3) is 0.500. The summed E-state index contributed by atoms with van der Waals surface area (Å²) in [6.07, 6.45) is 3.10. The Bertz CT molecular complexity index is 376. The first-order chi connectivity index (χ1) is 8.16. The van der Waals surface area contributed by atoms with Gasteiger partial charge in [0, 0.05) is 25.6 Å². The molecule has 1 heterocycles. The van der Waals surface area contributed by atoms with Crippen LogP contribution in [0.2, 0.25) is 0 Å². The molecule has 0 fully saturated rings. The summed E-state index contributed by atoms with van der Waals surface area (Å²) in [5.74, 6) is 0. The molecule has 92 valence electrons. The first-order valence-electron chi connectivity index (χ1n) is 6.26. The second-order valence-corrected chi connectivity index (χ2v) is 5.35. The minimum Gasteiger partial charge on any atom is -0.393 e. The molecule has 3 heteroatoms. The van der Waals surface area contributed by atoms with Crippen LogP contribution in [0.1, 0.15) is 24.5 Å². The highest BCUT2D eigenvalue weighted by Gasteiger charge is 2.18. The van der Waals surface area contributed by atoms with E-state index in [1.54, 1.807) is 0 Å². The highest BCUT2D eigenvalue weighted by molar-refractivity contribution is 7.80. The second-order valence-electron chi connectivity index (χ2n) is 4.82.